The fourth-order valence-corrected chi connectivity index (χ4v) is 1.42. The first-order chi connectivity index (χ1) is 6.78. The van der Waals surface area contributed by atoms with Gasteiger partial charge in [0.05, 0.1) is 13.2 Å². The maximum atomic E-state index is 8.84. The fourth-order valence-electron chi connectivity index (χ4n) is 0.926. The summed E-state index contributed by atoms with van der Waals surface area (Å²) in [5.41, 5.74) is 0. The van der Waals surface area contributed by atoms with E-state index < -0.39 is 0 Å². The van der Waals surface area contributed by atoms with Crippen molar-refractivity contribution in [2.24, 2.45) is 0 Å². The first-order valence-electron chi connectivity index (χ1n) is 4.68. The van der Waals surface area contributed by atoms with Crippen LogP contribution in [-0.2, 0) is 0 Å². The topological polar surface area (TPSA) is 64.5 Å². The molecule has 4 nitrogen and oxygen atoms in total. The van der Waals surface area contributed by atoms with Crippen LogP contribution in [0, 0.1) is 0 Å². The van der Waals surface area contributed by atoms with Crippen LogP contribution in [0.2, 0.25) is 0 Å². The van der Waals surface area contributed by atoms with Crippen molar-refractivity contribution in [2.45, 2.75) is 12.1 Å². The van der Waals surface area contributed by atoms with E-state index in [-0.39, 0.29) is 25.3 Å². The van der Waals surface area contributed by atoms with Crippen molar-refractivity contribution >= 4 is 25.3 Å². The fraction of sp³-hybridized carbons (Fsp3) is 1.00. The van der Waals surface area contributed by atoms with Gasteiger partial charge in [0.25, 0.3) is 0 Å². The minimum atomic E-state index is 0.0451. The summed E-state index contributed by atoms with van der Waals surface area (Å²) in [5, 5.41) is 23.9. The van der Waals surface area contributed by atoms with Gasteiger partial charge in [-0.2, -0.15) is 25.3 Å². The molecule has 0 aromatic rings. The summed E-state index contributed by atoms with van der Waals surface area (Å²) in [7, 11) is 0. The molecule has 0 radical (unpaired) electrons. The van der Waals surface area contributed by atoms with Gasteiger partial charge in [0.15, 0.2) is 0 Å². The maximum absolute atomic E-state index is 8.84. The lowest BCUT2D eigenvalue weighted by Gasteiger charge is -2.16. The molecule has 0 saturated heterocycles. The smallest absolute Gasteiger partial charge is 0.0592 e. The van der Waals surface area contributed by atoms with Crippen LogP contribution >= 0.6 is 25.3 Å². The number of thiol groups is 2. The van der Waals surface area contributed by atoms with Crippen molar-refractivity contribution in [1.82, 2.24) is 10.6 Å². The second kappa shape index (κ2) is 10.1. The quantitative estimate of drug-likeness (QED) is 0.225. The summed E-state index contributed by atoms with van der Waals surface area (Å²) in [4.78, 5) is 0. The molecule has 0 aromatic heterocycles. The van der Waals surface area contributed by atoms with Crippen LogP contribution in [0.15, 0.2) is 0 Å². The van der Waals surface area contributed by atoms with Crippen molar-refractivity contribution in [3.05, 3.63) is 0 Å². The lowest BCUT2D eigenvalue weighted by atomic mass is 10.3. The Morgan fingerprint density at radius 3 is 1.43 bits per heavy atom. The van der Waals surface area contributed by atoms with E-state index in [1.165, 1.54) is 0 Å². The number of nitrogens with one attached hydrogen (secondary N) is 2. The van der Waals surface area contributed by atoms with Crippen LogP contribution in [0.3, 0.4) is 0 Å². The van der Waals surface area contributed by atoms with Crippen LogP contribution in [0.25, 0.3) is 0 Å². The maximum Gasteiger partial charge on any atom is 0.0592 e. The number of hydrogen-bond acceptors (Lipinski definition) is 6. The zero-order valence-corrected chi connectivity index (χ0v) is 9.98. The predicted molar refractivity (Wildman–Crippen MR) is 65.5 cm³/mol. The Labute approximate surface area is 96.3 Å². The van der Waals surface area contributed by atoms with Crippen molar-refractivity contribution in [3.63, 3.8) is 0 Å². The third-order valence-corrected chi connectivity index (χ3v) is 2.75. The molecule has 0 bridgehead atoms. The van der Waals surface area contributed by atoms with Crippen LogP contribution in [0.5, 0.6) is 0 Å². The Morgan fingerprint density at radius 1 is 0.857 bits per heavy atom. The molecule has 0 aromatic carbocycles. The normalized spacial score (nSPS) is 15.4. The number of hydrogen-bond donors (Lipinski definition) is 6. The lowest BCUT2D eigenvalue weighted by molar-refractivity contribution is 0.244. The highest BCUT2D eigenvalue weighted by Crippen LogP contribution is 1.86. The average Bonchev–Trinajstić information content (AvgIpc) is 2.24. The van der Waals surface area contributed by atoms with Gasteiger partial charge in [-0.25, -0.2) is 0 Å². The van der Waals surface area contributed by atoms with Gasteiger partial charge in [-0.05, 0) is 0 Å². The first-order valence-corrected chi connectivity index (χ1v) is 5.95. The number of rotatable bonds is 9. The van der Waals surface area contributed by atoms with E-state index in [4.69, 9.17) is 10.2 Å². The second-order valence-electron chi connectivity index (χ2n) is 3.03. The van der Waals surface area contributed by atoms with Gasteiger partial charge in [-0.15, -0.1) is 0 Å². The minimum Gasteiger partial charge on any atom is -0.395 e. The molecule has 0 unspecified atom stereocenters. The molecule has 4 N–H and O–H groups in total. The Bertz CT molecular complexity index is 108. The van der Waals surface area contributed by atoms with E-state index in [9.17, 15) is 0 Å². The average molecular weight is 240 g/mol. The standard InChI is InChI=1S/C8H20N2O2S2/c11-3-7(5-13)9-1-2-10-8(4-12)6-14/h7-14H,1-6H2/t7-,8-/m1/s1. The van der Waals surface area contributed by atoms with Gasteiger partial charge in [-0.1, -0.05) is 0 Å². The summed E-state index contributed by atoms with van der Waals surface area (Å²) >= 11 is 8.16. The molecular weight excluding hydrogens is 220 g/mol. The van der Waals surface area contributed by atoms with Crippen LogP contribution < -0.4 is 10.6 Å². The Hall–Kier alpha value is 0.540. The highest BCUT2D eigenvalue weighted by atomic mass is 32.1. The molecule has 0 amide bonds. The summed E-state index contributed by atoms with van der Waals surface area (Å²) in [6, 6.07) is 0.0902. The molecule has 0 fully saturated rings. The predicted octanol–water partition coefficient (Wildman–Crippen LogP) is -1.25. The summed E-state index contributed by atoms with van der Waals surface area (Å²) < 4.78 is 0. The molecule has 0 aliphatic rings. The van der Waals surface area contributed by atoms with Crippen molar-refractivity contribution in [1.29, 1.82) is 0 Å². The van der Waals surface area contributed by atoms with E-state index >= 15 is 0 Å². The van der Waals surface area contributed by atoms with Crippen molar-refractivity contribution < 1.29 is 10.2 Å². The monoisotopic (exact) mass is 240 g/mol. The number of aliphatic hydroxyl groups is 2. The Balaban J connectivity index is 3.35. The molecule has 6 heteroatoms. The zero-order valence-electron chi connectivity index (χ0n) is 8.19. The van der Waals surface area contributed by atoms with Gasteiger partial charge in [-0.3, -0.25) is 0 Å². The number of aliphatic hydroxyl groups excluding tert-OH is 2. The molecule has 0 rings (SSSR count). The molecule has 0 aliphatic carbocycles. The molecule has 0 aliphatic heterocycles. The SMILES string of the molecule is OC[C@H](CS)NCCN[C@H](CO)CS. The largest absolute Gasteiger partial charge is 0.395 e. The van der Waals surface area contributed by atoms with E-state index in [0.717, 1.165) is 13.1 Å². The highest BCUT2D eigenvalue weighted by Gasteiger charge is 2.05. The Kier molecular flexibility index (Phi) is 10.5. The first kappa shape index (κ1) is 14.5. The van der Waals surface area contributed by atoms with E-state index in [2.05, 4.69) is 35.9 Å². The van der Waals surface area contributed by atoms with E-state index in [1.54, 1.807) is 0 Å². The molecule has 14 heavy (non-hydrogen) atoms. The summed E-state index contributed by atoms with van der Waals surface area (Å²) in [6.07, 6.45) is 0. The third-order valence-electron chi connectivity index (χ3n) is 1.87. The van der Waals surface area contributed by atoms with E-state index in [1.807, 2.05) is 0 Å². The van der Waals surface area contributed by atoms with Crippen LogP contribution in [-0.4, -0.2) is 60.1 Å². The van der Waals surface area contributed by atoms with Crippen molar-refractivity contribution in [2.75, 3.05) is 37.8 Å². The minimum absolute atomic E-state index is 0.0451. The zero-order chi connectivity index (χ0) is 10.8. The summed E-state index contributed by atoms with van der Waals surface area (Å²) in [5.74, 6) is 1.24. The van der Waals surface area contributed by atoms with Gasteiger partial charge in [0, 0.05) is 36.7 Å². The third kappa shape index (κ3) is 6.92. The van der Waals surface area contributed by atoms with Gasteiger partial charge in [0.1, 0.15) is 0 Å². The lowest BCUT2D eigenvalue weighted by Crippen LogP contribution is -2.42. The van der Waals surface area contributed by atoms with Gasteiger partial charge < -0.3 is 20.8 Å². The second-order valence-corrected chi connectivity index (χ2v) is 3.76. The van der Waals surface area contributed by atoms with Gasteiger partial charge >= 0.3 is 0 Å². The van der Waals surface area contributed by atoms with Crippen LogP contribution in [0.4, 0.5) is 0 Å². The molecule has 0 heterocycles. The molecule has 0 spiro atoms. The molecule has 86 valence electrons. The van der Waals surface area contributed by atoms with E-state index in [0.29, 0.717) is 11.5 Å². The highest BCUT2D eigenvalue weighted by molar-refractivity contribution is 7.80. The Morgan fingerprint density at radius 2 is 1.21 bits per heavy atom. The molecular formula is C8H20N2O2S2. The van der Waals surface area contributed by atoms with Crippen molar-refractivity contribution in [3.8, 4) is 0 Å². The van der Waals surface area contributed by atoms with Gasteiger partial charge in [0.2, 0.25) is 0 Å². The summed E-state index contributed by atoms with van der Waals surface area (Å²) in [6.45, 7) is 1.69. The molecule has 0 saturated carbocycles. The van der Waals surface area contributed by atoms with Crippen LogP contribution in [0.1, 0.15) is 0 Å². The molecule has 2 atom stereocenters.